The molecule has 2 N–H and O–H groups in total. The molecule has 7 heteroatoms. The number of methoxy groups -OCH3 is 1. The maximum atomic E-state index is 12.3. The molecule has 0 saturated carbocycles. The van der Waals surface area contributed by atoms with Crippen molar-refractivity contribution in [2.75, 3.05) is 25.6 Å². The molecule has 0 atom stereocenters. The Balaban J connectivity index is 1.78. The van der Waals surface area contributed by atoms with Gasteiger partial charge in [0.05, 0.1) is 12.3 Å². The summed E-state index contributed by atoms with van der Waals surface area (Å²) in [6, 6.07) is 11.9. The first-order valence-electron chi connectivity index (χ1n) is 7.94. The SMILES string of the molecule is COCCNC(=O)c1ccc2c(c1)NC(=O)C(=Cc1cccc(Cl)c1)O2. The molecular formula is C19H17ClN2O4. The molecule has 0 bridgehead atoms. The maximum absolute atomic E-state index is 12.3. The minimum absolute atomic E-state index is 0.150. The number of hydrogen-bond donors (Lipinski definition) is 2. The summed E-state index contributed by atoms with van der Waals surface area (Å²) in [5.41, 5.74) is 1.61. The molecule has 3 rings (SSSR count). The standard InChI is InChI=1S/C19H17ClN2O4/c1-25-8-7-21-18(23)13-5-6-16-15(11-13)22-19(24)17(26-16)10-12-3-2-4-14(20)9-12/h2-6,9-11H,7-8H2,1H3,(H,21,23)(H,22,24). The van der Waals surface area contributed by atoms with Gasteiger partial charge in [0, 0.05) is 24.2 Å². The molecule has 0 radical (unpaired) electrons. The van der Waals surface area contributed by atoms with Crippen LogP contribution in [-0.2, 0) is 9.53 Å². The molecule has 0 saturated heterocycles. The molecule has 1 aliphatic rings. The van der Waals surface area contributed by atoms with E-state index in [1.165, 1.54) is 0 Å². The van der Waals surface area contributed by atoms with Crippen molar-refractivity contribution in [1.82, 2.24) is 5.32 Å². The van der Waals surface area contributed by atoms with Gasteiger partial charge in [-0.2, -0.15) is 0 Å². The molecule has 26 heavy (non-hydrogen) atoms. The molecule has 1 aliphatic heterocycles. The monoisotopic (exact) mass is 372 g/mol. The largest absolute Gasteiger partial charge is 0.449 e. The normalized spacial score (nSPS) is 14.4. The number of rotatable bonds is 5. The number of carbonyl (C=O) groups excluding carboxylic acids is 2. The van der Waals surface area contributed by atoms with E-state index in [1.807, 2.05) is 6.07 Å². The molecule has 1 heterocycles. The van der Waals surface area contributed by atoms with Crippen LogP contribution in [0.3, 0.4) is 0 Å². The minimum Gasteiger partial charge on any atom is -0.449 e. The van der Waals surface area contributed by atoms with Crippen molar-refractivity contribution >= 4 is 35.2 Å². The van der Waals surface area contributed by atoms with Crippen molar-refractivity contribution in [3.8, 4) is 5.75 Å². The van der Waals surface area contributed by atoms with E-state index in [0.29, 0.717) is 35.2 Å². The molecular weight excluding hydrogens is 356 g/mol. The molecule has 2 aromatic carbocycles. The van der Waals surface area contributed by atoms with Crippen molar-refractivity contribution in [2.45, 2.75) is 0 Å². The summed E-state index contributed by atoms with van der Waals surface area (Å²) in [4.78, 5) is 24.4. The molecule has 2 amide bonds. The van der Waals surface area contributed by atoms with Crippen LogP contribution in [-0.4, -0.2) is 32.1 Å². The van der Waals surface area contributed by atoms with Gasteiger partial charge in [-0.25, -0.2) is 0 Å². The summed E-state index contributed by atoms with van der Waals surface area (Å²) in [5, 5.41) is 6.03. The smallest absolute Gasteiger partial charge is 0.291 e. The predicted molar refractivity (Wildman–Crippen MR) is 99.3 cm³/mol. The Morgan fingerprint density at radius 2 is 2.15 bits per heavy atom. The van der Waals surface area contributed by atoms with Crippen LogP contribution in [0.5, 0.6) is 5.75 Å². The van der Waals surface area contributed by atoms with Crippen LogP contribution in [0.2, 0.25) is 5.02 Å². The Morgan fingerprint density at radius 3 is 2.92 bits per heavy atom. The average molecular weight is 373 g/mol. The molecule has 0 unspecified atom stereocenters. The van der Waals surface area contributed by atoms with Crippen LogP contribution in [0.1, 0.15) is 15.9 Å². The number of benzene rings is 2. The number of halogens is 1. The van der Waals surface area contributed by atoms with Crippen LogP contribution in [0.4, 0.5) is 5.69 Å². The molecule has 0 fully saturated rings. The molecule has 2 aromatic rings. The molecule has 0 spiro atoms. The van der Waals surface area contributed by atoms with Crippen molar-refractivity contribution in [2.24, 2.45) is 0 Å². The van der Waals surface area contributed by atoms with Crippen molar-refractivity contribution in [3.05, 3.63) is 64.4 Å². The molecule has 0 aromatic heterocycles. The van der Waals surface area contributed by atoms with Crippen LogP contribution < -0.4 is 15.4 Å². The Labute approximate surface area is 155 Å². The Morgan fingerprint density at radius 1 is 1.31 bits per heavy atom. The number of nitrogens with one attached hydrogen (secondary N) is 2. The van der Waals surface area contributed by atoms with E-state index in [4.69, 9.17) is 21.1 Å². The highest BCUT2D eigenvalue weighted by Crippen LogP contribution is 2.32. The third-order valence-electron chi connectivity index (χ3n) is 3.67. The number of amides is 2. The summed E-state index contributed by atoms with van der Waals surface area (Å²) in [5.74, 6) is -0.0304. The van der Waals surface area contributed by atoms with Crippen molar-refractivity contribution < 1.29 is 19.1 Å². The lowest BCUT2D eigenvalue weighted by molar-refractivity contribution is -0.115. The van der Waals surface area contributed by atoms with Gasteiger partial charge in [0.1, 0.15) is 0 Å². The Bertz CT molecular complexity index is 880. The summed E-state index contributed by atoms with van der Waals surface area (Å²) >= 11 is 5.96. The van der Waals surface area contributed by atoms with Crippen molar-refractivity contribution in [3.63, 3.8) is 0 Å². The molecule has 134 valence electrons. The van der Waals surface area contributed by atoms with Gasteiger partial charge in [0.25, 0.3) is 11.8 Å². The fourth-order valence-electron chi connectivity index (χ4n) is 2.42. The first-order chi connectivity index (χ1) is 12.6. The van der Waals surface area contributed by atoms with Gasteiger partial charge in [-0.3, -0.25) is 9.59 Å². The van der Waals surface area contributed by atoms with Gasteiger partial charge in [-0.1, -0.05) is 23.7 Å². The average Bonchev–Trinajstić information content (AvgIpc) is 2.62. The fraction of sp³-hybridized carbons (Fsp3) is 0.158. The molecule has 6 nitrogen and oxygen atoms in total. The Hall–Kier alpha value is -2.83. The predicted octanol–water partition coefficient (Wildman–Crippen LogP) is 3.09. The van der Waals surface area contributed by atoms with E-state index < -0.39 is 5.91 Å². The second-order valence-electron chi connectivity index (χ2n) is 5.58. The van der Waals surface area contributed by atoms with Crippen LogP contribution >= 0.6 is 11.6 Å². The Kier molecular flexibility index (Phi) is 5.55. The second kappa shape index (κ2) is 8.03. The van der Waals surface area contributed by atoms with Gasteiger partial charge in [-0.15, -0.1) is 0 Å². The van der Waals surface area contributed by atoms with Crippen molar-refractivity contribution in [1.29, 1.82) is 0 Å². The summed E-state index contributed by atoms with van der Waals surface area (Å²) in [7, 11) is 1.56. The topological polar surface area (TPSA) is 76.7 Å². The van der Waals surface area contributed by atoms with Crippen LogP contribution in [0.15, 0.2) is 48.2 Å². The highest BCUT2D eigenvalue weighted by molar-refractivity contribution is 6.30. The summed E-state index contributed by atoms with van der Waals surface area (Å²) < 4.78 is 10.6. The van der Waals surface area contributed by atoms with Gasteiger partial charge in [0.15, 0.2) is 11.5 Å². The quantitative estimate of drug-likeness (QED) is 0.624. The zero-order valence-corrected chi connectivity index (χ0v) is 14.8. The lowest BCUT2D eigenvalue weighted by atomic mass is 10.1. The number of fused-ring (bicyclic) bond motifs is 1. The lowest BCUT2D eigenvalue weighted by Crippen LogP contribution is -2.28. The molecule has 0 aliphatic carbocycles. The van der Waals surface area contributed by atoms with Crippen LogP contribution in [0.25, 0.3) is 6.08 Å². The van der Waals surface area contributed by atoms with Gasteiger partial charge in [-0.05, 0) is 42.0 Å². The second-order valence-corrected chi connectivity index (χ2v) is 6.02. The fourth-order valence-corrected chi connectivity index (χ4v) is 2.62. The number of carbonyl (C=O) groups is 2. The zero-order valence-electron chi connectivity index (χ0n) is 14.0. The van der Waals surface area contributed by atoms with E-state index >= 15 is 0 Å². The third kappa shape index (κ3) is 4.22. The number of anilines is 1. The highest BCUT2D eigenvalue weighted by atomic mass is 35.5. The number of hydrogen-bond acceptors (Lipinski definition) is 4. The first-order valence-corrected chi connectivity index (χ1v) is 8.32. The van der Waals surface area contributed by atoms with E-state index in [2.05, 4.69) is 10.6 Å². The zero-order chi connectivity index (χ0) is 18.5. The minimum atomic E-state index is -0.394. The number of ether oxygens (including phenoxy) is 2. The lowest BCUT2D eigenvalue weighted by Gasteiger charge is -2.20. The van der Waals surface area contributed by atoms with Crippen LogP contribution in [0, 0.1) is 0 Å². The maximum Gasteiger partial charge on any atom is 0.291 e. The van der Waals surface area contributed by atoms with Gasteiger partial charge in [0.2, 0.25) is 0 Å². The third-order valence-corrected chi connectivity index (χ3v) is 3.91. The van der Waals surface area contributed by atoms with E-state index in [9.17, 15) is 9.59 Å². The highest BCUT2D eigenvalue weighted by Gasteiger charge is 2.23. The van der Waals surface area contributed by atoms with E-state index in [-0.39, 0.29) is 11.7 Å². The first kappa shape index (κ1) is 18.0. The van der Waals surface area contributed by atoms with E-state index in [0.717, 1.165) is 5.56 Å². The summed E-state index contributed by atoms with van der Waals surface area (Å²) in [6.07, 6.45) is 1.61. The van der Waals surface area contributed by atoms with Gasteiger partial charge >= 0.3 is 0 Å². The summed E-state index contributed by atoms with van der Waals surface area (Å²) in [6.45, 7) is 0.829. The van der Waals surface area contributed by atoms with E-state index in [1.54, 1.807) is 49.6 Å². The van der Waals surface area contributed by atoms with Gasteiger partial charge < -0.3 is 20.1 Å².